The number of benzene rings is 1. The zero-order chi connectivity index (χ0) is 21.7. The van der Waals surface area contributed by atoms with Crippen molar-refractivity contribution in [2.75, 3.05) is 13.7 Å². The van der Waals surface area contributed by atoms with E-state index >= 15 is 0 Å². The zero-order valence-electron chi connectivity index (χ0n) is 18.7. The van der Waals surface area contributed by atoms with Gasteiger partial charge in [-0.25, -0.2) is 0 Å². The molecule has 0 radical (unpaired) electrons. The lowest BCUT2D eigenvalue weighted by atomic mass is 9.94. The molecule has 2 N–H and O–H groups in total. The van der Waals surface area contributed by atoms with Gasteiger partial charge in [0.15, 0.2) is 11.5 Å². The predicted molar refractivity (Wildman–Crippen MR) is 111 cm³/mol. The molecule has 0 aliphatic heterocycles. The van der Waals surface area contributed by atoms with Crippen LogP contribution in [0.15, 0.2) is 18.2 Å². The van der Waals surface area contributed by atoms with Gasteiger partial charge in [0.2, 0.25) is 11.8 Å². The van der Waals surface area contributed by atoms with E-state index in [2.05, 4.69) is 24.5 Å². The van der Waals surface area contributed by atoms with Crippen LogP contribution in [0.3, 0.4) is 0 Å². The van der Waals surface area contributed by atoms with Crippen LogP contribution in [0.25, 0.3) is 0 Å². The molecule has 2 amide bonds. The maximum atomic E-state index is 12.6. The third-order valence-electron chi connectivity index (χ3n) is 4.01. The first-order valence-corrected chi connectivity index (χ1v) is 9.68. The summed E-state index contributed by atoms with van der Waals surface area (Å²) in [6, 6.07) is 5.41. The van der Waals surface area contributed by atoms with E-state index in [1.165, 1.54) is 0 Å². The number of rotatable bonds is 7. The number of amides is 2. The van der Waals surface area contributed by atoms with Crippen LogP contribution in [0.2, 0.25) is 0 Å². The Kier molecular flexibility index (Phi) is 7.91. The number of methoxy groups -OCH3 is 1. The van der Waals surface area contributed by atoms with E-state index in [9.17, 15) is 9.59 Å². The van der Waals surface area contributed by atoms with Crippen LogP contribution in [0.5, 0.6) is 11.5 Å². The summed E-state index contributed by atoms with van der Waals surface area (Å²) in [4.78, 5) is 25.1. The fraction of sp³-hybridized carbons (Fsp3) is 0.636. The van der Waals surface area contributed by atoms with Gasteiger partial charge in [-0.3, -0.25) is 9.59 Å². The molecule has 1 aromatic rings. The van der Waals surface area contributed by atoms with Crippen LogP contribution in [0.4, 0.5) is 0 Å². The molecule has 28 heavy (non-hydrogen) atoms. The lowest BCUT2D eigenvalue weighted by Gasteiger charge is -2.28. The SMILES string of the molecule is COc1cc(C(NC(=O)C(C)(C)C)NC(=O)C(C)(C)C)ccc1OCC(C)C. The van der Waals surface area contributed by atoms with Crippen molar-refractivity contribution < 1.29 is 19.1 Å². The minimum absolute atomic E-state index is 0.161. The topological polar surface area (TPSA) is 76.7 Å². The molecule has 1 aromatic carbocycles. The van der Waals surface area contributed by atoms with Crippen LogP contribution >= 0.6 is 0 Å². The highest BCUT2D eigenvalue weighted by atomic mass is 16.5. The van der Waals surface area contributed by atoms with Crippen molar-refractivity contribution in [2.45, 2.75) is 61.6 Å². The monoisotopic (exact) mass is 392 g/mol. The molecule has 6 nitrogen and oxygen atoms in total. The van der Waals surface area contributed by atoms with Crippen LogP contribution < -0.4 is 20.1 Å². The molecule has 158 valence electrons. The van der Waals surface area contributed by atoms with Crippen LogP contribution in [0, 0.1) is 16.7 Å². The van der Waals surface area contributed by atoms with Crippen molar-refractivity contribution in [2.24, 2.45) is 16.7 Å². The summed E-state index contributed by atoms with van der Waals surface area (Å²) in [5, 5.41) is 5.86. The van der Waals surface area contributed by atoms with Gasteiger partial charge in [-0.15, -0.1) is 0 Å². The van der Waals surface area contributed by atoms with Crippen molar-refractivity contribution in [3.63, 3.8) is 0 Å². The molecule has 0 atom stereocenters. The first-order chi connectivity index (χ1) is 12.8. The van der Waals surface area contributed by atoms with Gasteiger partial charge in [0, 0.05) is 10.8 Å². The Hall–Kier alpha value is -2.24. The number of hydrogen-bond acceptors (Lipinski definition) is 4. The molecule has 0 saturated carbocycles. The number of ether oxygens (including phenoxy) is 2. The van der Waals surface area contributed by atoms with E-state index in [1.807, 2.05) is 47.6 Å². The second kappa shape index (κ2) is 9.30. The first kappa shape index (κ1) is 23.8. The van der Waals surface area contributed by atoms with Gasteiger partial charge < -0.3 is 20.1 Å². The summed E-state index contributed by atoms with van der Waals surface area (Å²) in [7, 11) is 1.57. The molecule has 0 bridgehead atoms. The molecule has 0 unspecified atom stereocenters. The molecule has 0 fully saturated rings. The molecular weight excluding hydrogens is 356 g/mol. The van der Waals surface area contributed by atoms with Crippen molar-refractivity contribution in [1.82, 2.24) is 10.6 Å². The van der Waals surface area contributed by atoms with E-state index in [4.69, 9.17) is 9.47 Å². The fourth-order valence-corrected chi connectivity index (χ4v) is 2.14. The highest BCUT2D eigenvalue weighted by Gasteiger charge is 2.29. The lowest BCUT2D eigenvalue weighted by Crippen LogP contribution is -2.47. The van der Waals surface area contributed by atoms with Gasteiger partial charge >= 0.3 is 0 Å². The normalized spacial score (nSPS) is 12.1. The van der Waals surface area contributed by atoms with Gasteiger partial charge in [-0.05, 0) is 23.6 Å². The van der Waals surface area contributed by atoms with Gasteiger partial charge in [0.05, 0.1) is 13.7 Å². The summed E-state index contributed by atoms with van der Waals surface area (Å²) in [5.74, 6) is 1.24. The van der Waals surface area contributed by atoms with Gasteiger partial charge in [0.1, 0.15) is 6.17 Å². The largest absolute Gasteiger partial charge is 0.493 e. The predicted octanol–water partition coefficient (Wildman–Crippen LogP) is 4.05. The molecule has 0 heterocycles. The van der Waals surface area contributed by atoms with Crippen molar-refractivity contribution >= 4 is 11.8 Å². The third-order valence-corrected chi connectivity index (χ3v) is 4.01. The van der Waals surface area contributed by atoms with E-state index in [0.717, 1.165) is 0 Å². The fourth-order valence-electron chi connectivity index (χ4n) is 2.14. The number of carbonyl (C=O) groups is 2. The second-order valence-electron chi connectivity index (χ2n) is 9.50. The molecule has 6 heteroatoms. The van der Waals surface area contributed by atoms with Crippen LogP contribution in [-0.2, 0) is 9.59 Å². The van der Waals surface area contributed by atoms with E-state index in [-0.39, 0.29) is 11.8 Å². The minimum Gasteiger partial charge on any atom is -0.493 e. The van der Waals surface area contributed by atoms with Crippen molar-refractivity contribution in [3.8, 4) is 11.5 Å². The Morgan fingerprint density at radius 1 is 0.929 bits per heavy atom. The zero-order valence-corrected chi connectivity index (χ0v) is 18.7. The van der Waals surface area contributed by atoms with Gasteiger partial charge in [-0.1, -0.05) is 61.5 Å². The lowest BCUT2D eigenvalue weighted by molar-refractivity contribution is -0.132. The Labute approximate surface area is 169 Å². The van der Waals surface area contributed by atoms with Crippen molar-refractivity contribution in [1.29, 1.82) is 0 Å². The second-order valence-corrected chi connectivity index (χ2v) is 9.50. The van der Waals surface area contributed by atoms with E-state index in [0.29, 0.717) is 29.6 Å². The Bertz CT molecular complexity index is 657. The Balaban J connectivity index is 3.21. The maximum absolute atomic E-state index is 12.6. The van der Waals surface area contributed by atoms with Crippen LogP contribution in [0.1, 0.15) is 67.1 Å². The number of nitrogens with one attached hydrogen (secondary N) is 2. The summed E-state index contributed by atoms with van der Waals surface area (Å²) in [6.45, 7) is 15.7. The minimum atomic E-state index is -0.675. The molecule has 0 saturated heterocycles. The molecule has 1 rings (SSSR count). The standard InChI is InChI=1S/C22H36N2O4/c1-14(2)13-28-16-11-10-15(12-17(16)27-9)18(23-19(25)21(3,4)5)24-20(26)22(6,7)8/h10-12,14,18H,13H2,1-9H3,(H,23,25)(H,24,26). The molecular formula is C22H36N2O4. The summed E-state index contributed by atoms with van der Waals surface area (Å²) < 4.78 is 11.3. The average molecular weight is 393 g/mol. The third kappa shape index (κ3) is 7.06. The smallest absolute Gasteiger partial charge is 0.227 e. The van der Waals surface area contributed by atoms with Crippen molar-refractivity contribution in [3.05, 3.63) is 23.8 Å². The first-order valence-electron chi connectivity index (χ1n) is 9.68. The molecule has 0 spiro atoms. The summed E-state index contributed by atoms with van der Waals surface area (Å²) in [6.07, 6.45) is -0.675. The highest BCUT2D eigenvalue weighted by molar-refractivity contribution is 5.84. The number of hydrogen-bond donors (Lipinski definition) is 2. The highest BCUT2D eigenvalue weighted by Crippen LogP contribution is 2.31. The van der Waals surface area contributed by atoms with E-state index in [1.54, 1.807) is 19.2 Å². The van der Waals surface area contributed by atoms with E-state index < -0.39 is 17.0 Å². The van der Waals surface area contributed by atoms with Gasteiger partial charge in [0.25, 0.3) is 0 Å². The van der Waals surface area contributed by atoms with Crippen LogP contribution in [-0.4, -0.2) is 25.5 Å². The Morgan fingerprint density at radius 2 is 1.43 bits per heavy atom. The van der Waals surface area contributed by atoms with Gasteiger partial charge in [-0.2, -0.15) is 0 Å². The molecule has 0 aliphatic rings. The maximum Gasteiger partial charge on any atom is 0.227 e. The molecule has 0 aromatic heterocycles. The molecule has 0 aliphatic carbocycles. The quantitative estimate of drug-likeness (QED) is 0.686. The Morgan fingerprint density at radius 3 is 1.82 bits per heavy atom. The average Bonchev–Trinajstić information content (AvgIpc) is 2.57. The summed E-state index contributed by atoms with van der Waals surface area (Å²) >= 11 is 0. The number of carbonyl (C=O) groups excluding carboxylic acids is 2. The summed E-state index contributed by atoms with van der Waals surface area (Å²) in [5.41, 5.74) is -0.464.